The number of aromatic nitrogens is 2. The number of alkyl halides is 1. The summed E-state index contributed by atoms with van der Waals surface area (Å²) in [6.45, 7) is 8.81. The predicted octanol–water partition coefficient (Wildman–Crippen LogP) is 4.23. The van der Waals surface area contributed by atoms with Gasteiger partial charge in [0.25, 0.3) is 0 Å². The molecule has 4 heteroatoms. The topological polar surface area (TPSA) is 17.8 Å². The van der Waals surface area contributed by atoms with E-state index in [4.69, 9.17) is 0 Å². The third-order valence-electron chi connectivity index (χ3n) is 2.84. The summed E-state index contributed by atoms with van der Waals surface area (Å²) in [6.07, 6.45) is 2.17. The number of hydrogen-bond donors (Lipinski definition) is 0. The van der Waals surface area contributed by atoms with E-state index in [1.165, 1.54) is 5.69 Å². The van der Waals surface area contributed by atoms with Gasteiger partial charge in [-0.15, -0.1) is 0 Å². The van der Waals surface area contributed by atoms with Crippen LogP contribution in [0, 0.1) is 12.3 Å². The summed E-state index contributed by atoms with van der Waals surface area (Å²) in [5, 5.41) is 4.41. The minimum absolute atomic E-state index is 0.306. The Morgan fingerprint density at radius 3 is 2.31 bits per heavy atom. The lowest BCUT2D eigenvalue weighted by molar-refractivity contribution is 0.383. The summed E-state index contributed by atoms with van der Waals surface area (Å²) in [6, 6.07) is 0. The Kier molecular flexibility index (Phi) is 4.64. The summed E-state index contributed by atoms with van der Waals surface area (Å²) in [4.78, 5) is 0.530. The van der Waals surface area contributed by atoms with Crippen molar-refractivity contribution in [3.63, 3.8) is 0 Å². The zero-order chi connectivity index (χ0) is 12.5. The summed E-state index contributed by atoms with van der Waals surface area (Å²) < 4.78 is 3.13. The fourth-order valence-corrected chi connectivity index (χ4v) is 2.41. The van der Waals surface area contributed by atoms with Gasteiger partial charge >= 0.3 is 0 Å². The number of halogens is 2. The lowest BCUT2D eigenvalue weighted by Gasteiger charge is -2.25. The van der Waals surface area contributed by atoms with Crippen molar-refractivity contribution in [2.75, 3.05) is 0 Å². The molecule has 0 fully saturated rings. The molecule has 0 saturated heterocycles. The van der Waals surface area contributed by atoms with Gasteiger partial charge < -0.3 is 0 Å². The molecule has 1 atom stereocenters. The molecule has 0 bridgehead atoms. The number of rotatable bonds is 3. The second-order valence-corrected chi connectivity index (χ2v) is 7.24. The van der Waals surface area contributed by atoms with E-state index in [0.717, 1.165) is 23.0 Å². The molecular formula is C12H20Br2N2. The highest BCUT2D eigenvalue weighted by Crippen LogP contribution is 2.31. The van der Waals surface area contributed by atoms with Crippen LogP contribution in [0.15, 0.2) is 4.47 Å². The standard InChI is InChI=1S/C12H20Br2N2/c1-8-11(14)9(16(5)15-8)6-7-10(13)12(2,3)4/h10H,6-7H2,1-5H3. The first-order valence-electron chi connectivity index (χ1n) is 5.55. The molecule has 1 rings (SSSR count). The fraction of sp³-hybridized carbons (Fsp3) is 0.750. The highest BCUT2D eigenvalue weighted by atomic mass is 79.9. The van der Waals surface area contributed by atoms with Crippen LogP contribution >= 0.6 is 31.9 Å². The van der Waals surface area contributed by atoms with Crippen LogP contribution in [0.4, 0.5) is 0 Å². The molecule has 0 amide bonds. The zero-order valence-corrected chi connectivity index (χ0v) is 13.8. The average molecular weight is 352 g/mol. The van der Waals surface area contributed by atoms with E-state index in [-0.39, 0.29) is 0 Å². The molecule has 1 unspecified atom stereocenters. The fourth-order valence-electron chi connectivity index (χ4n) is 1.65. The van der Waals surface area contributed by atoms with E-state index in [2.05, 4.69) is 57.7 Å². The number of hydrogen-bond acceptors (Lipinski definition) is 1. The Labute approximate surface area is 115 Å². The van der Waals surface area contributed by atoms with Crippen LogP contribution in [0.1, 0.15) is 38.6 Å². The summed E-state index contributed by atoms with van der Waals surface area (Å²) in [5.41, 5.74) is 2.66. The van der Waals surface area contributed by atoms with Crippen LogP contribution in [0.25, 0.3) is 0 Å². The third-order valence-corrected chi connectivity index (χ3v) is 5.70. The van der Waals surface area contributed by atoms with Gasteiger partial charge in [-0.3, -0.25) is 4.68 Å². The van der Waals surface area contributed by atoms with Gasteiger partial charge in [-0.25, -0.2) is 0 Å². The van der Waals surface area contributed by atoms with Crippen LogP contribution in [0.5, 0.6) is 0 Å². The molecular weight excluding hydrogens is 332 g/mol. The van der Waals surface area contributed by atoms with Gasteiger partial charge in [-0.1, -0.05) is 36.7 Å². The summed E-state index contributed by atoms with van der Waals surface area (Å²) in [7, 11) is 2.01. The highest BCUT2D eigenvalue weighted by Gasteiger charge is 2.22. The second kappa shape index (κ2) is 5.21. The van der Waals surface area contributed by atoms with Crippen LogP contribution in [-0.2, 0) is 13.5 Å². The molecule has 92 valence electrons. The van der Waals surface area contributed by atoms with E-state index in [9.17, 15) is 0 Å². The molecule has 0 N–H and O–H groups in total. The molecule has 1 heterocycles. The van der Waals surface area contributed by atoms with Crippen molar-refractivity contribution in [2.45, 2.75) is 45.4 Å². The maximum absolute atomic E-state index is 4.41. The molecule has 1 aromatic rings. The lowest BCUT2D eigenvalue weighted by atomic mass is 9.89. The van der Waals surface area contributed by atoms with E-state index in [1.54, 1.807) is 0 Å². The van der Waals surface area contributed by atoms with Crippen molar-refractivity contribution >= 4 is 31.9 Å². The summed E-state index contributed by atoms with van der Waals surface area (Å²) >= 11 is 7.37. The second-order valence-electron chi connectivity index (χ2n) is 5.34. The molecule has 0 saturated carbocycles. The van der Waals surface area contributed by atoms with Crippen molar-refractivity contribution < 1.29 is 0 Å². The van der Waals surface area contributed by atoms with E-state index < -0.39 is 0 Å². The van der Waals surface area contributed by atoms with Gasteiger partial charge in [0.15, 0.2) is 0 Å². The molecule has 16 heavy (non-hydrogen) atoms. The molecule has 0 aliphatic rings. The lowest BCUT2D eigenvalue weighted by Crippen LogP contribution is -2.21. The van der Waals surface area contributed by atoms with Crippen LogP contribution < -0.4 is 0 Å². The molecule has 0 spiro atoms. The quantitative estimate of drug-likeness (QED) is 0.745. The first kappa shape index (κ1) is 14.2. The maximum atomic E-state index is 4.41. The Hall–Kier alpha value is 0.170. The van der Waals surface area contributed by atoms with Crippen molar-refractivity contribution in [3.8, 4) is 0 Å². The van der Waals surface area contributed by atoms with Crippen molar-refractivity contribution in [3.05, 3.63) is 15.9 Å². The van der Waals surface area contributed by atoms with E-state index in [0.29, 0.717) is 10.2 Å². The van der Waals surface area contributed by atoms with Gasteiger partial charge in [-0.2, -0.15) is 5.10 Å². The van der Waals surface area contributed by atoms with Gasteiger partial charge in [0.2, 0.25) is 0 Å². The van der Waals surface area contributed by atoms with Gasteiger partial charge in [0.1, 0.15) is 0 Å². The van der Waals surface area contributed by atoms with Gasteiger partial charge in [0.05, 0.1) is 15.9 Å². The maximum Gasteiger partial charge on any atom is 0.0738 e. The molecule has 0 aromatic carbocycles. The Morgan fingerprint density at radius 1 is 1.38 bits per heavy atom. The van der Waals surface area contributed by atoms with Gasteiger partial charge in [0, 0.05) is 11.9 Å². The van der Waals surface area contributed by atoms with Gasteiger partial charge in [-0.05, 0) is 41.1 Å². The minimum atomic E-state index is 0.306. The third kappa shape index (κ3) is 3.33. The van der Waals surface area contributed by atoms with Crippen LogP contribution in [0.3, 0.4) is 0 Å². The molecule has 0 aliphatic carbocycles. The zero-order valence-electron chi connectivity index (χ0n) is 10.6. The Morgan fingerprint density at radius 2 is 1.94 bits per heavy atom. The Balaban J connectivity index is 2.68. The SMILES string of the molecule is Cc1nn(C)c(CCC(Br)C(C)(C)C)c1Br. The Bertz CT molecular complexity index is 364. The van der Waals surface area contributed by atoms with Crippen molar-refractivity contribution in [2.24, 2.45) is 12.5 Å². The molecule has 1 aromatic heterocycles. The molecule has 2 nitrogen and oxygen atoms in total. The first-order chi connectivity index (χ1) is 7.23. The van der Waals surface area contributed by atoms with Crippen LogP contribution in [-0.4, -0.2) is 14.6 Å². The van der Waals surface area contributed by atoms with Crippen molar-refractivity contribution in [1.82, 2.24) is 9.78 Å². The van der Waals surface area contributed by atoms with E-state index >= 15 is 0 Å². The predicted molar refractivity (Wildman–Crippen MR) is 76.1 cm³/mol. The highest BCUT2D eigenvalue weighted by molar-refractivity contribution is 9.10. The van der Waals surface area contributed by atoms with E-state index in [1.807, 2.05) is 18.7 Å². The largest absolute Gasteiger partial charge is 0.271 e. The molecule has 0 aliphatic heterocycles. The number of nitrogens with zero attached hydrogens (tertiary/aromatic N) is 2. The summed E-state index contributed by atoms with van der Waals surface area (Å²) in [5.74, 6) is 0. The normalized spacial score (nSPS) is 14.2. The first-order valence-corrected chi connectivity index (χ1v) is 7.26. The number of aryl methyl sites for hydroxylation is 2. The monoisotopic (exact) mass is 350 g/mol. The van der Waals surface area contributed by atoms with Crippen LogP contribution in [0.2, 0.25) is 0 Å². The molecule has 0 radical (unpaired) electrons. The smallest absolute Gasteiger partial charge is 0.0738 e. The van der Waals surface area contributed by atoms with Crippen molar-refractivity contribution in [1.29, 1.82) is 0 Å². The minimum Gasteiger partial charge on any atom is -0.271 e. The average Bonchev–Trinajstić information content (AvgIpc) is 2.37.